The number of aryl methyl sites for hydroxylation is 1. The molecule has 23 heavy (non-hydrogen) atoms. The van der Waals surface area contributed by atoms with Crippen molar-refractivity contribution in [3.8, 4) is 6.07 Å². The number of benzene rings is 1. The van der Waals surface area contributed by atoms with Gasteiger partial charge in [0, 0.05) is 17.5 Å². The lowest BCUT2D eigenvalue weighted by Crippen LogP contribution is -2.11. The molecule has 0 aliphatic heterocycles. The second-order valence-corrected chi connectivity index (χ2v) is 6.06. The molecule has 0 aliphatic rings. The van der Waals surface area contributed by atoms with E-state index in [-0.39, 0.29) is 5.56 Å². The molecule has 6 nitrogen and oxygen atoms in total. The number of H-pyrrole nitrogens is 1. The summed E-state index contributed by atoms with van der Waals surface area (Å²) in [5.74, 6) is 1.15. The van der Waals surface area contributed by atoms with E-state index in [9.17, 15) is 4.79 Å². The van der Waals surface area contributed by atoms with Crippen molar-refractivity contribution < 1.29 is 0 Å². The van der Waals surface area contributed by atoms with Crippen molar-refractivity contribution in [1.82, 2.24) is 19.6 Å². The van der Waals surface area contributed by atoms with Gasteiger partial charge in [0.25, 0.3) is 5.56 Å². The number of nitriles is 1. The van der Waals surface area contributed by atoms with E-state index in [0.717, 1.165) is 29.3 Å². The molecule has 1 aromatic carbocycles. The molecular weight excluding hydrogens is 310 g/mol. The number of rotatable bonds is 5. The van der Waals surface area contributed by atoms with Gasteiger partial charge in [0.05, 0.1) is 11.6 Å². The molecule has 116 valence electrons. The van der Waals surface area contributed by atoms with Crippen LogP contribution in [0.15, 0.2) is 40.3 Å². The average molecular weight is 325 g/mol. The predicted octanol–water partition coefficient (Wildman–Crippen LogP) is 2.53. The fourth-order valence-corrected chi connectivity index (χ4v) is 3.29. The third kappa shape index (κ3) is 3.27. The first-order valence-electron chi connectivity index (χ1n) is 7.30. The van der Waals surface area contributed by atoms with Crippen molar-refractivity contribution in [2.24, 2.45) is 0 Å². The van der Waals surface area contributed by atoms with Crippen LogP contribution in [0.1, 0.15) is 30.2 Å². The lowest BCUT2D eigenvalue weighted by Gasteiger charge is -2.06. The number of nitrogens with zero attached hydrogens (tertiary/aromatic N) is 4. The van der Waals surface area contributed by atoms with Crippen molar-refractivity contribution in [1.29, 1.82) is 5.26 Å². The highest BCUT2D eigenvalue weighted by Crippen LogP contribution is 2.22. The first kappa shape index (κ1) is 15.3. The summed E-state index contributed by atoms with van der Waals surface area (Å²) in [4.78, 5) is 14.4. The number of hydrogen-bond donors (Lipinski definition) is 1. The molecule has 3 rings (SSSR count). The molecule has 0 spiro atoms. The fraction of sp³-hybridized carbons (Fsp3) is 0.250. The van der Waals surface area contributed by atoms with Gasteiger partial charge in [-0.1, -0.05) is 37.2 Å². The summed E-state index contributed by atoms with van der Waals surface area (Å²) in [7, 11) is 0. The van der Waals surface area contributed by atoms with Crippen LogP contribution < -0.4 is 5.56 Å². The Bertz CT molecular complexity index is 938. The zero-order chi connectivity index (χ0) is 16.2. The molecule has 0 fully saturated rings. The van der Waals surface area contributed by atoms with Gasteiger partial charge < -0.3 is 0 Å². The molecular formula is C16H15N5OS. The summed E-state index contributed by atoms with van der Waals surface area (Å²) < 4.78 is 1.89. The van der Waals surface area contributed by atoms with Crippen LogP contribution in [-0.2, 0) is 12.2 Å². The van der Waals surface area contributed by atoms with Crippen molar-refractivity contribution in [2.45, 2.75) is 30.7 Å². The molecule has 1 N–H and O–H groups in total. The van der Waals surface area contributed by atoms with Crippen LogP contribution in [0, 0.1) is 11.3 Å². The van der Waals surface area contributed by atoms with Crippen molar-refractivity contribution in [3.05, 3.63) is 57.5 Å². The summed E-state index contributed by atoms with van der Waals surface area (Å²) in [5, 5.41) is 17.9. The van der Waals surface area contributed by atoms with Gasteiger partial charge in [0.2, 0.25) is 5.78 Å². The number of fused-ring (bicyclic) bond motifs is 1. The zero-order valence-electron chi connectivity index (χ0n) is 12.6. The molecule has 0 saturated heterocycles. The van der Waals surface area contributed by atoms with Crippen LogP contribution in [0.4, 0.5) is 0 Å². The highest BCUT2D eigenvalue weighted by Gasteiger charge is 2.11. The zero-order valence-corrected chi connectivity index (χ0v) is 13.4. The SMILES string of the molecule is CCCc1cc(=O)[nH]c2nnc(SCc3cccc(C#N)c3)n12. The number of aromatic amines is 1. The smallest absolute Gasteiger partial charge is 0.252 e. The quantitative estimate of drug-likeness (QED) is 0.728. The molecule has 0 amide bonds. The summed E-state index contributed by atoms with van der Waals surface area (Å²) in [6.07, 6.45) is 1.72. The van der Waals surface area contributed by atoms with Gasteiger partial charge in [-0.15, -0.1) is 10.2 Å². The van der Waals surface area contributed by atoms with Gasteiger partial charge >= 0.3 is 0 Å². The Balaban J connectivity index is 1.91. The lowest BCUT2D eigenvalue weighted by atomic mass is 10.2. The molecule has 7 heteroatoms. The molecule has 0 saturated carbocycles. The summed E-state index contributed by atoms with van der Waals surface area (Å²) >= 11 is 1.53. The van der Waals surface area contributed by atoms with Gasteiger partial charge in [0.15, 0.2) is 5.16 Å². The van der Waals surface area contributed by atoms with E-state index in [1.807, 2.05) is 22.6 Å². The Morgan fingerprint density at radius 1 is 1.35 bits per heavy atom. The number of thioether (sulfide) groups is 1. The summed E-state index contributed by atoms with van der Waals surface area (Å²) in [5.41, 5.74) is 2.44. The number of hydrogen-bond acceptors (Lipinski definition) is 5. The maximum absolute atomic E-state index is 11.7. The molecule has 0 atom stereocenters. The van der Waals surface area contributed by atoms with E-state index < -0.39 is 0 Å². The average Bonchev–Trinajstić information content (AvgIpc) is 2.96. The van der Waals surface area contributed by atoms with Gasteiger partial charge in [-0.3, -0.25) is 14.2 Å². The van der Waals surface area contributed by atoms with Crippen LogP contribution in [0.3, 0.4) is 0 Å². The Hall–Kier alpha value is -2.59. The second-order valence-electron chi connectivity index (χ2n) is 5.12. The van der Waals surface area contributed by atoms with Crippen LogP contribution in [0.25, 0.3) is 5.78 Å². The van der Waals surface area contributed by atoms with E-state index in [1.54, 1.807) is 12.1 Å². The molecule has 0 unspecified atom stereocenters. The normalized spacial score (nSPS) is 10.8. The van der Waals surface area contributed by atoms with E-state index >= 15 is 0 Å². The standard InChI is InChI=1S/C16H15N5OS/c1-2-4-13-8-14(22)18-15-19-20-16(21(13)15)23-10-12-6-3-5-11(7-12)9-17/h3,5-8H,2,4,10H2,1H3,(H,18,19,22). The number of nitrogens with one attached hydrogen (secondary N) is 1. The Morgan fingerprint density at radius 3 is 3.00 bits per heavy atom. The highest BCUT2D eigenvalue weighted by atomic mass is 32.2. The molecule has 2 aromatic heterocycles. The minimum atomic E-state index is -0.161. The fourth-order valence-electron chi connectivity index (χ4n) is 2.38. The van der Waals surface area contributed by atoms with Crippen LogP contribution in [-0.4, -0.2) is 19.6 Å². The summed E-state index contributed by atoms with van der Waals surface area (Å²) in [6, 6.07) is 11.2. The van der Waals surface area contributed by atoms with Crippen LogP contribution >= 0.6 is 11.8 Å². The van der Waals surface area contributed by atoms with E-state index in [1.165, 1.54) is 11.8 Å². The van der Waals surface area contributed by atoms with Crippen molar-refractivity contribution >= 4 is 17.5 Å². The molecule has 2 heterocycles. The first-order chi connectivity index (χ1) is 11.2. The molecule has 0 bridgehead atoms. The van der Waals surface area contributed by atoms with Crippen molar-refractivity contribution in [3.63, 3.8) is 0 Å². The molecule has 0 aliphatic carbocycles. The van der Waals surface area contributed by atoms with E-state index in [2.05, 4.69) is 28.2 Å². The third-order valence-electron chi connectivity index (χ3n) is 3.38. The second kappa shape index (κ2) is 6.67. The maximum atomic E-state index is 11.7. The Morgan fingerprint density at radius 2 is 2.22 bits per heavy atom. The van der Waals surface area contributed by atoms with E-state index in [4.69, 9.17) is 5.26 Å². The lowest BCUT2D eigenvalue weighted by molar-refractivity contribution is 0.800. The predicted molar refractivity (Wildman–Crippen MR) is 88.3 cm³/mol. The molecule has 3 aromatic rings. The largest absolute Gasteiger partial charge is 0.291 e. The monoisotopic (exact) mass is 325 g/mol. The van der Waals surface area contributed by atoms with Gasteiger partial charge in [0.1, 0.15) is 0 Å². The summed E-state index contributed by atoms with van der Waals surface area (Å²) in [6.45, 7) is 2.07. The van der Waals surface area contributed by atoms with Crippen molar-refractivity contribution in [2.75, 3.05) is 0 Å². The first-order valence-corrected chi connectivity index (χ1v) is 8.29. The van der Waals surface area contributed by atoms with Crippen LogP contribution in [0.5, 0.6) is 0 Å². The minimum Gasteiger partial charge on any atom is -0.291 e. The Labute approximate surface area is 137 Å². The van der Waals surface area contributed by atoms with Gasteiger partial charge in [-0.25, -0.2) is 0 Å². The van der Waals surface area contributed by atoms with Gasteiger partial charge in [-0.05, 0) is 24.1 Å². The third-order valence-corrected chi connectivity index (χ3v) is 4.38. The maximum Gasteiger partial charge on any atom is 0.252 e. The Kier molecular flexibility index (Phi) is 4.44. The van der Waals surface area contributed by atoms with Gasteiger partial charge in [-0.2, -0.15) is 5.26 Å². The topological polar surface area (TPSA) is 86.8 Å². The van der Waals surface area contributed by atoms with E-state index in [0.29, 0.717) is 17.1 Å². The van der Waals surface area contributed by atoms with Crippen LogP contribution in [0.2, 0.25) is 0 Å². The number of aromatic nitrogens is 4. The molecule has 0 radical (unpaired) electrons. The minimum absolute atomic E-state index is 0.161. The highest BCUT2D eigenvalue weighted by molar-refractivity contribution is 7.98.